The van der Waals surface area contributed by atoms with Gasteiger partial charge in [0.1, 0.15) is 0 Å². The summed E-state index contributed by atoms with van der Waals surface area (Å²) in [5.41, 5.74) is 6.38. The molecule has 0 radical (unpaired) electrons. The van der Waals surface area contributed by atoms with E-state index in [1.807, 2.05) is 18.2 Å². The summed E-state index contributed by atoms with van der Waals surface area (Å²) in [4.78, 5) is 15.9. The van der Waals surface area contributed by atoms with Crippen molar-refractivity contribution >= 4 is 35.8 Å². The lowest BCUT2D eigenvalue weighted by molar-refractivity contribution is 0.0953. The summed E-state index contributed by atoms with van der Waals surface area (Å²) < 4.78 is 0. The normalized spacial score (nSPS) is 10.6. The van der Waals surface area contributed by atoms with Crippen LogP contribution in [0.15, 0.2) is 35.3 Å². The fourth-order valence-electron chi connectivity index (χ4n) is 1.62. The first kappa shape index (κ1) is 19.7. The number of halogens is 1. The van der Waals surface area contributed by atoms with Gasteiger partial charge in [-0.3, -0.25) is 9.79 Å². The molecule has 1 aromatic carbocycles. The Hall–Kier alpha value is -1.31. The van der Waals surface area contributed by atoms with Gasteiger partial charge in [0.25, 0.3) is 5.91 Å². The smallest absolute Gasteiger partial charge is 0.251 e. The summed E-state index contributed by atoms with van der Waals surface area (Å²) in [6.07, 6.45) is 2.99. The molecule has 0 saturated carbocycles. The van der Waals surface area contributed by atoms with Gasteiger partial charge in [0.2, 0.25) is 0 Å². The lowest BCUT2D eigenvalue weighted by atomic mass is 10.2. The van der Waals surface area contributed by atoms with E-state index in [9.17, 15) is 4.79 Å². The Morgan fingerprint density at radius 1 is 1.14 bits per heavy atom. The van der Waals surface area contributed by atoms with E-state index in [1.165, 1.54) is 0 Å². The number of amides is 1. The molecule has 6 heteroatoms. The van der Waals surface area contributed by atoms with Crippen LogP contribution in [0.25, 0.3) is 0 Å². The van der Waals surface area contributed by atoms with Gasteiger partial charge in [0, 0.05) is 25.2 Å². The van der Waals surface area contributed by atoms with E-state index in [0.29, 0.717) is 24.6 Å². The maximum atomic E-state index is 11.7. The topological polar surface area (TPSA) is 79.5 Å². The van der Waals surface area contributed by atoms with Crippen LogP contribution in [0, 0.1) is 0 Å². The van der Waals surface area contributed by atoms with Crippen LogP contribution in [0.5, 0.6) is 0 Å². The maximum Gasteiger partial charge on any atom is 0.251 e. The van der Waals surface area contributed by atoms with Crippen LogP contribution in [-0.2, 0) is 0 Å². The van der Waals surface area contributed by atoms with E-state index in [1.54, 1.807) is 12.1 Å². The van der Waals surface area contributed by atoms with E-state index in [-0.39, 0.29) is 29.9 Å². The highest BCUT2D eigenvalue weighted by atomic mass is 127. The zero-order valence-electron chi connectivity index (χ0n) is 12.5. The number of nitrogens with zero attached hydrogens (tertiary/aromatic N) is 1. The largest absolute Gasteiger partial charge is 0.370 e. The highest BCUT2D eigenvalue weighted by Crippen LogP contribution is 1.97. The first-order valence-electron chi connectivity index (χ1n) is 7.11. The summed E-state index contributed by atoms with van der Waals surface area (Å²) in [5.74, 6) is 0.427. The predicted molar refractivity (Wildman–Crippen MR) is 98.2 cm³/mol. The van der Waals surface area contributed by atoms with Gasteiger partial charge < -0.3 is 16.4 Å². The van der Waals surface area contributed by atoms with Crippen LogP contribution in [-0.4, -0.2) is 31.5 Å². The number of aliphatic imine (C=N–C) groups is 1. The number of carbonyl (C=O) groups excluding carboxylic acids is 1. The molecule has 0 bridgehead atoms. The third-order valence-electron chi connectivity index (χ3n) is 2.78. The molecule has 0 aliphatic heterocycles. The SMILES string of the molecule is CCCCNC(N)=NCCCNC(=O)c1ccccc1.I. The molecule has 0 aromatic heterocycles. The van der Waals surface area contributed by atoms with Crippen LogP contribution in [0.2, 0.25) is 0 Å². The maximum absolute atomic E-state index is 11.7. The Bertz CT molecular complexity index is 423. The van der Waals surface area contributed by atoms with Crippen molar-refractivity contribution in [2.45, 2.75) is 26.2 Å². The van der Waals surface area contributed by atoms with Crippen molar-refractivity contribution in [3.8, 4) is 0 Å². The van der Waals surface area contributed by atoms with Crippen molar-refractivity contribution in [2.75, 3.05) is 19.6 Å². The number of guanidine groups is 1. The van der Waals surface area contributed by atoms with Crippen molar-refractivity contribution < 1.29 is 4.79 Å². The fraction of sp³-hybridized carbons (Fsp3) is 0.467. The Labute approximate surface area is 143 Å². The van der Waals surface area contributed by atoms with Crippen molar-refractivity contribution in [1.82, 2.24) is 10.6 Å². The standard InChI is InChI=1S/C15H24N4O.HI/c1-2-3-10-18-15(16)19-12-7-11-17-14(20)13-8-5-4-6-9-13;/h4-6,8-9H,2-3,7,10-12H2,1H3,(H,17,20)(H3,16,18,19);1H. The fourth-order valence-corrected chi connectivity index (χ4v) is 1.62. The molecule has 0 aliphatic carbocycles. The van der Waals surface area contributed by atoms with Gasteiger partial charge in [-0.1, -0.05) is 31.5 Å². The van der Waals surface area contributed by atoms with Gasteiger partial charge in [-0.25, -0.2) is 0 Å². The summed E-state index contributed by atoms with van der Waals surface area (Å²) in [6.45, 7) is 4.19. The van der Waals surface area contributed by atoms with E-state index in [0.717, 1.165) is 25.8 Å². The Morgan fingerprint density at radius 3 is 2.48 bits per heavy atom. The third kappa shape index (κ3) is 9.28. The molecule has 118 valence electrons. The lowest BCUT2D eigenvalue weighted by Crippen LogP contribution is -2.32. The molecule has 0 aliphatic rings. The molecule has 0 heterocycles. The monoisotopic (exact) mass is 404 g/mol. The minimum Gasteiger partial charge on any atom is -0.370 e. The van der Waals surface area contributed by atoms with Gasteiger partial charge in [-0.2, -0.15) is 0 Å². The minimum atomic E-state index is -0.0522. The number of hydrogen-bond acceptors (Lipinski definition) is 2. The number of rotatable bonds is 8. The average Bonchev–Trinajstić information content (AvgIpc) is 2.48. The van der Waals surface area contributed by atoms with Crippen molar-refractivity contribution in [3.05, 3.63) is 35.9 Å². The van der Waals surface area contributed by atoms with Gasteiger partial charge in [-0.15, -0.1) is 24.0 Å². The van der Waals surface area contributed by atoms with E-state index < -0.39 is 0 Å². The third-order valence-corrected chi connectivity index (χ3v) is 2.78. The molecule has 0 unspecified atom stereocenters. The van der Waals surface area contributed by atoms with Gasteiger partial charge >= 0.3 is 0 Å². The van der Waals surface area contributed by atoms with Crippen molar-refractivity contribution in [1.29, 1.82) is 0 Å². The number of unbranched alkanes of at least 4 members (excludes halogenated alkanes) is 1. The summed E-state index contributed by atoms with van der Waals surface area (Å²) in [5, 5.41) is 5.91. The van der Waals surface area contributed by atoms with E-state index in [4.69, 9.17) is 5.73 Å². The number of nitrogens with one attached hydrogen (secondary N) is 2. The van der Waals surface area contributed by atoms with Crippen LogP contribution in [0.1, 0.15) is 36.5 Å². The molecular formula is C15H25IN4O. The second-order valence-corrected chi connectivity index (χ2v) is 4.52. The van der Waals surface area contributed by atoms with Gasteiger partial charge in [-0.05, 0) is 25.0 Å². The lowest BCUT2D eigenvalue weighted by Gasteiger charge is -2.05. The number of nitrogens with two attached hydrogens (primary N) is 1. The Morgan fingerprint density at radius 2 is 1.81 bits per heavy atom. The molecule has 5 nitrogen and oxygen atoms in total. The van der Waals surface area contributed by atoms with Gasteiger partial charge in [0.05, 0.1) is 0 Å². The molecule has 1 aromatic rings. The van der Waals surface area contributed by atoms with Crippen LogP contribution in [0.3, 0.4) is 0 Å². The van der Waals surface area contributed by atoms with E-state index in [2.05, 4.69) is 22.5 Å². The molecular weight excluding hydrogens is 379 g/mol. The van der Waals surface area contributed by atoms with Crippen LogP contribution in [0.4, 0.5) is 0 Å². The molecule has 4 N–H and O–H groups in total. The summed E-state index contributed by atoms with van der Waals surface area (Å²) >= 11 is 0. The second kappa shape index (κ2) is 12.4. The summed E-state index contributed by atoms with van der Waals surface area (Å²) in [6, 6.07) is 9.18. The molecule has 0 atom stereocenters. The molecule has 1 rings (SSSR count). The minimum absolute atomic E-state index is 0. The molecule has 0 saturated heterocycles. The van der Waals surface area contributed by atoms with Gasteiger partial charge in [0.15, 0.2) is 5.96 Å². The zero-order chi connectivity index (χ0) is 14.6. The Kier molecular flexibility index (Phi) is 11.7. The highest BCUT2D eigenvalue weighted by molar-refractivity contribution is 14.0. The molecule has 0 fully saturated rings. The van der Waals surface area contributed by atoms with Crippen molar-refractivity contribution in [3.63, 3.8) is 0 Å². The molecule has 1 amide bonds. The zero-order valence-corrected chi connectivity index (χ0v) is 14.8. The highest BCUT2D eigenvalue weighted by Gasteiger charge is 2.02. The first-order valence-corrected chi connectivity index (χ1v) is 7.11. The molecule has 0 spiro atoms. The number of carbonyl (C=O) groups is 1. The number of benzene rings is 1. The van der Waals surface area contributed by atoms with E-state index >= 15 is 0 Å². The quantitative estimate of drug-likeness (QED) is 0.269. The summed E-state index contributed by atoms with van der Waals surface area (Å²) in [7, 11) is 0. The van der Waals surface area contributed by atoms with Crippen LogP contribution >= 0.6 is 24.0 Å². The van der Waals surface area contributed by atoms with Crippen LogP contribution < -0.4 is 16.4 Å². The number of hydrogen-bond donors (Lipinski definition) is 3. The molecule has 21 heavy (non-hydrogen) atoms. The second-order valence-electron chi connectivity index (χ2n) is 4.52. The predicted octanol–water partition coefficient (Wildman–Crippen LogP) is 2.13. The first-order chi connectivity index (χ1) is 9.74. The Balaban J connectivity index is 0.00000400. The average molecular weight is 404 g/mol. The van der Waals surface area contributed by atoms with Crippen molar-refractivity contribution in [2.24, 2.45) is 10.7 Å².